The van der Waals surface area contributed by atoms with E-state index in [0.29, 0.717) is 12.2 Å². The van der Waals surface area contributed by atoms with Crippen molar-refractivity contribution >= 4 is 14.5 Å². The molecule has 0 fully saturated rings. The Kier molecular flexibility index (Phi) is 7.34. The van der Waals surface area contributed by atoms with Crippen LogP contribution < -0.4 is 0 Å². The van der Waals surface area contributed by atoms with Crippen LogP contribution in [-0.4, -0.2) is 34.4 Å². The molecule has 0 saturated heterocycles. The fraction of sp³-hybridized carbons (Fsp3) is 0.750. The van der Waals surface area contributed by atoms with Crippen molar-refractivity contribution < 1.29 is 18.4 Å². The average Bonchev–Trinajstić information content (AvgIpc) is 2.23. The molecule has 0 aliphatic heterocycles. The van der Waals surface area contributed by atoms with E-state index in [-0.39, 0.29) is 12.1 Å². The van der Waals surface area contributed by atoms with Crippen LogP contribution in [0.5, 0.6) is 0 Å². The van der Waals surface area contributed by atoms with Gasteiger partial charge in [0, 0.05) is 18.8 Å². The number of hydrogen-bond acceptors (Lipinski definition) is 4. The fourth-order valence-corrected chi connectivity index (χ4v) is 2.43. The van der Waals surface area contributed by atoms with Crippen LogP contribution in [-0.2, 0) is 18.4 Å². The Bertz CT molecular complexity index is 263. The Morgan fingerprint density at radius 3 is 2.47 bits per heavy atom. The Morgan fingerprint density at radius 2 is 2.00 bits per heavy atom. The first-order chi connectivity index (χ1) is 7.78. The van der Waals surface area contributed by atoms with Crippen LogP contribution in [0.4, 0.5) is 0 Å². The van der Waals surface area contributed by atoms with Gasteiger partial charge in [-0.05, 0) is 39.8 Å². The van der Waals surface area contributed by atoms with Crippen LogP contribution in [0.15, 0.2) is 12.2 Å². The van der Waals surface area contributed by atoms with E-state index in [1.54, 1.807) is 14.0 Å². The molecule has 4 nitrogen and oxygen atoms in total. The minimum absolute atomic E-state index is 0.125. The zero-order valence-electron chi connectivity index (χ0n) is 11.5. The maximum Gasteiger partial charge on any atom is 0.333 e. The minimum atomic E-state index is -1.96. The van der Waals surface area contributed by atoms with Crippen molar-refractivity contribution in [3.05, 3.63) is 12.2 Å². The summed E-state index contributed by atoms with van der Waals surface area (Å²) >= 11 is 0. The van der Waals surface area contributed by atoms with E-state index in [9.17, 15) is 4.79 Å². The predicted octanol–water partition coefficient (Wildman–Crippen LogP) is 2.64. The van der Waals surface area contributed by atoms with Gasteiger partial charge in [0.1, 0.15) is 0 Å². The number of rotatable bonds is 8. The van der Waals surface area contributed by atoms with Gasteiger partial charge in [0.2, 0.25) is 0 Å². The van der Waals surface area contributed by atoms with Gasteiger partial charge in [-0.3, -0.25) is 0 Å². The fourth-order valence-electron chi connectivity index (χ4n) is 1.25. The van der Waals surface area contributed by atoms with E-state index in [1.165, 1.54) is 0 Å². The Hall–Kier alpha value is -0.653. The van der Waals surface area contributed by atoms with Gasteiger partial charge in [0.05, 0.1) is 6.61 Å². The highest BCUT2D eigenvalue weighted by atomic mass is 28.4. The zero-order valence-corrected chi connectivity index (χ0v) is 12.5. The van der Waals surface area contributed by atoms with Crippen molar-refractivity contribution in [3.8, 4) is 0 Å². The summed E-state index contributed by atoms with van der Waals surface area (Å²) in [5.41, 5.74) is 0.433. The molecule has 0 aromatic heterocycles. The molecule has 0 spiro atoms. The number of hydrogen-bond donors (Lipinski definition) is 0. The van der Waals surface area contributed by atoms with Gasteiger partial charge in [0.25, 0.3) is 0 Å². The highest BCUT2D eigenvalue weighted by Crippen LogP contribution is 2.12. The average molecular weight is 260 g/mol. The number of carbonyl (C=O) groups excluding carboxylic acids is 1. The van der Waals surface area contributed by atoms with Crippen molar-refractivity contribution in [3.63, 3.8) is 0 Å². The monoisotopic (exact) mass is 260 g/mol. The van der Waals surface area contributed by atoms with E-state index in [4.69, 9.17) is 13.6 Å². The molecule has 100 valence electrons. The number of carbonyl (C=O) groups is 1. The molecule has 0 radical (unpaired) electrons. The quantitative estimate of drug-likeness (QED) is 0.291. The first kappa shape index (κ1) is 16.3. The first-order valence-electron chi connectivity index (χ1n) is 5.84. The topological polar surface area (TPSA) is 44.8 Å². The largest absolute Gasteiger partial charge is 0.462 e. The molecule has 1 unspecified atom stereocenters. The van der Waals surface area contributed by atoms with Gasteiger partial charge in [-0.15, -0.1) is 0 Å². The Labute approximate surface area is 105 Å². The summed E-state index contributed by atoms with van der Waals surface area (Å²) in [6, 6.07) is 0. The lowest BCUT2D eigenvalue weighted by atomic mass is 10.2. The number of esters is 1. The summed E-state index contributed by atoms with van der Waals surface area (Å²) < 4.78 is 16.1. The maximum atomic E-state index is 11.1. The maximum absolute atomic E-state index is 11.1. The molecule has 0 aromatic carbocycles. The van der Waals surface area contributed by atoms with Gasteiger partial charge >= 0.3 is 14.5 Å². The van der Waals surface area contributed by atoms with Crippen molar-refractivity contribution in [1.29, 1.82) is 0 Å². The molecule has 0 aliphatic carbocycles. The molecule has 0 saturated carbocycles. The van der Waals surface area contributed by atoms with E-state index in [2.05, 4.69) is 6.58 Å². The van der Waals surface area contributed by atoms with E-state index < -0.39 is 8.56 Å². The summed E-state index contributed by atoms with van der Waals surface area (Å²) in [7, 11) is -0.288. The van der Waals surface area contributed by atoms with E-state index >= 15 is 0 Å². The molecule has 0 bridgehead atoms. The lowest BCUT2D eigenvalue weighted by Crippen LogP contribution is -2.37. The van der Waals surface area contributed by atoms with Gasteiger partial charge in [0.15, 0.2) is 0 Å². The summed E-state index contributed by atoms with van der Waals surface area (Å²) in [5, 5.41) is 0. The van der Waals surface area contributed by atoms with Crippen LogP contribution in [0.1, 0.15) is 26.7 Å². The molecule has 0 heterocycles. The van der Waals surface area contributed by atoms with Crippen LogP contribution in [0, 0.1) is 0 Å². The third-order valence-electron chi connectivity index (χ3n) is 2.31. The molecule has 5 heteroatoms. The molecule has 0 rings (SSSR count). The first-order valence-corrected chi connectivity index (χ1v) is 8.65. The summed E-state index contributed by atoms with van der Waals surface area (Å²) in [6.45, 7) is 11.6. The van der Waals surface area contributed by atoms with Crippen LogP contribution >= 0.6 is 0 Å². The summed E-state index contributed by atoms with van der Waals surface area (Å²) in [5.74, 6) is -0.329. The predicted molar refractivity (Wildman–Crippen MR) is 70.0 cm³/mol. The third kappa shape index (κ3) is 8.12. The highest BCUT2D eigenvalue weighted by molar-refractivity contribution is 6.64. The molecule has 0 aliphatic rings. The summed E-state index contributed by atoms with van der Waals surface area (Å²) in [4.78, 5) is 11.1. The van der Waals surface area contributed by atoms with Crippen LogP contribution in [0.3, 0.4) is 0 Å². The van der Waals surface area contributed by atoms with Gasteiger partial charge in [-0.1, -0.05) is 6.58 Å². The smallest absolute Gasteiger partial charge is 0.333 e. The molecule has 0 amide bonds. The molecular formula is C12H24O4Si. The number of ether oxygens (including phenoxy) is 1. The summed E-state index contributed by atoms with van der Waals surface area (Å²) in [6.07, 6.45) is 1.76. The van der Waals surface area contributed by atoms with Crippen molar-refractivity contribution in [2.45, 2.75) is 45.9 Å². The Morgan fingerprint density at radius 1 is 1.41 bits per heavy atom. The van der Waals surface area contributed by atoms with Gasteiger partial charge in [-0.25, -0.2) is 4.79 Å². The van der Waals surface area contributed by atoms with Crippen LogP contribution in [0.2, 0.25) is 13.1 Å². The molecule has 1 atom stereocenters. The second-order valence-electron chi connectivity index (χ2n) is 4.59. The lowest BCUT2D eigenvalue weighted by Gasteiger charge is -2.25. The Balaban J connectivity index is 3.69. The highest BCUT2D eigenvalue weighted by Gasteiger charge is 2.25. The minimum Gasteiger partial charge on any atom is -0.462 e. The normalized spacial score (nSPS) is 13.2. The standard InChI is InChI=1S/C12H24O4Si/c1-10(2)12(13)15-9-7-8-11(3)16-17(5,6)14-4/h11H,1,7-9H2,2-6H3. The molecule has 0 N–H and O–H groups in total. The molecule has 0 aromatic rings. The van der Waals surface area contributed by atoms with E-state index in [1.807, 2.05) is 20.0 Å². The lowest BCUT2D eigenvalue weighted by molar-refractivity contribution is -0.139. The SMILES string of the molecule is C=C(C)C(=O)OCCCC(C)O[Si](C)(C)OC. The second kappa shape index (κ2) is 7.63. The molecular weight excluding hydrogens is 236 g/mol. The van der Waals surface area contributed by atoms with Crippen molar-refractivity contribution in [2.24, 2.45) is 0 Å². The second-order valence-corrected chi connectivity index (χ2v) is 8.03. The van der Waals surface area contributed by atoms with Crippen molar-refractivity contribution in [1.82, 2.24) is 0 Å². The zero-order chi connectivity index (χ0) is 13.5. The van der Waals surface area contributed by atoms with E-state index in [0.717, 1.165) is 12.8 Å². The van der Waals surface area contributed by atoms with Gasteiger partial charge in [-0.2, -0.15) is 0 Å². The molecule has 17 heavy (non-hydrogen) atoms. The van der Waals surface area contributed by atoms with Crippen LogP contribution in [0.25, 0.3) is 0 Å². The van der Waals surface area contributed by atoms with Crippen molar-refractivity contribution in [2.75, 3.05) is 13.7 Å². The third-order valence-corrected chi connectivity index (χ3v) is 4.27. The van der Waals surface area contributed by atoms with Gasteiger partial charge < -0.3 is 13.6 Å².